The number of alkyl halides is 10. The molecule has 0 spiro atoms. The fourth-order valence-corrected chi connectivity index (χ4v) is 3.69. The van der Waals surface area contributed by atoms with Crippen molar-refractivity contribution in [2.24, 2.45) is 0 Å². The van der Waals surface area contributed by atoms with Gasteiger partial charge in [-0.05, 0) is 50.5 Å². The zero-order chi connectivity index (χ0) is 32.2. The van der Waals surface area contributed by atoms with E-state index in [1.54, 1.807) is 12.4 Å². The molecular weight excluding hydrogens is 602 g/mol. The van der Waals surface area contributed by atoms with E-state index < -0.39 is 43.7 Å². The number of hydrogen-bond acceptors (Lipinski definition) is 5. The Hall–Kier alpha value is -2.68. The highest BCUT2D eigenvalue weighted by Gasteiger charge is 2.70. The third kappa shape index (κ3) is 12.1. The van der Waals surface area contributed by atoms with Gasteiger partial charge < -0.3 is 9.47 Å². The molecule has 43 heavy (non-hydrogen) atoms. The highest BCUT2D eigenvalue weighted by atomic mass is 19.4. The second-order valence-corrected chi connectivity index (χ2v) is 9.84. The Morgan fingerprint density at radius 3 is 1.95 bits per heavy atom. The monoisotopic (exact) mass is 636 g/mol. The van der Waals surface area contributed by atoms with Crippen LogP contribution in [0.25, 0.3) is 11.4 Å². The summed E-state index contributed by atoms with van der Waals surface area (Å²) in [6.07, 6.45) is -11.6. The summed E-state index contributed by atoms with van der Waals surface area (Å²) in [4.78, 5) is 8.60. The Bertz CT molecular complexity index is 1070. The van der Waals surface area contributed by atoms with Gasteiger partial charge in [0.1, 0.15) is 6.61 Å². The molecule has 1 heterocycles. The van der Waals surface area contributed by atoms with E-state index >= 15 is 0 Å². The maximum Gasteiger partial charge on any atom is 0.483 e. The van der Waals surface area contributed by atoms with Gasteiger partial charge in [-0.1, -0.05) is 44.0 Å². The molecule has 0 bridgehead atoms. The number of nitrogens with zero attached hydrogens (tertiary/aromatic N) is 2. The summed E-state index contributed by atoms with van der Waals surface area (Å²) >= 11 is 0. The average Bonchev–Trinajstić information content (AvgIpc) is 2.93. The molecule has 5 nitrogen and oxygen atoms in total. The topological polar surface area (TPSA) is 53.5 Å². The standard InChI is InChI=1S/C28H34F10N2O3/c1-2-22(29)10-6-8-16-42-23-17-39-24(40-18-23)21-13-11-20(12-14-21)9-5-3-4-7-15-41-19-25(30,31)27(35,36)43-28(37,38)26(32,33)34/h11-14,17-18,22H,2-10,15-16,19H2,1H3. The van der Waals surface area contributed by atoms with Gasteiger partial charge in [-0.3, -0.25) is 0 Å². The number of aryl methyl sites for hydroxylation is 1. The lowest BCUT2D eigenvalue weighted by Gasteiger charge is -2.30. The van der Waals surface area contributed by atoms with Crippen LogP contribution in [0.1, 0.15) is 63.9 Å². The number of unbranched alkanes of at least 4 members (excludes halogenated alkanes) is 4. The summed E-state index contributed by atoms with van der Waals surface area (Å²) < 4.78 is 140. The predicted octanol–water partition coefficient (Wildman–Crippen LogP) is 8.96. The minimum atomic E-state index is -6.59. The number of rotatable bonds is 20. The zero-order valence-electron chi connectivity index (χ0n) is 23.4. The first-order valence-corrected chi connectivity index (χ1v) is 13.7. The van der Waals surface area contributed by atoms with E-state index in [1.807, 2.05) is 31.2 Å². The van der Waals surface area contributed by atoms with Crippen molar-refractivity contribution in [2.45, 2.75) is 95.2 Å². The second kappa shape index (κ2) is 16.4. The van der Waals surface area contributed by atoms with Crippen LogP contribution in [0.4, 0.5) is 43.9 Å². The smallest absolute Gasteiger partial charge is 0.483 e. The summed E-state index contributed by atoms with van der Waals surface area (Å²) in [5, 5.41) is 0. The van der Waals surface area contributed by atoms with E-state index in [1.165, 1.54) is 0 Å². The van der Waals surface area contributed by atoms with Crippen LogP contribution in [0.5, 0.6) is 5.75 Å². The minimum Gasteiger partial charge on any atom is -0.490 e. The van der Waals surface area contributed by atoms with Crippen LogP contribution in [0.2, 0.25) is 0 Å². The Balaban J connectivity index is 1.64. The van der Waals surface area contributed by atoms with E-state index in [0.29, 0.717) is 56.7 Å². The molecule has 0 aliphatic rings. The van der Waals surface area contributed by atoms with Gasteiger partial charge in [-0.2, -0.15) is 39.5 Å². The molecule has 2 rings (SSSR count). The summed E-state index contributed by atoms with van der Waals surface area (Å²) in [5.41, 5.74) is 1.80. The molecule has 0 radical (unpaired) electrons. The third-order valence-electron chi connectivity index (χ3n) is 6.26. The fourth-order valence-electron chi connectivity index (χ4n) is 3.69. The molecule has 0 N–H and O–H groups in total. The Kier molecular flexibility index (Phi) is 13.9. The van der Waals surface area contributed by atoms with Crippen LogP contribution in [0.3, 0.4) is 0 Å². The van der Waals surface area contributed by atoms with Crippen LogP contribution in [-0.2, 0) is 15.9 Å². The van der Waals surface area contributed by atoms with Gasteiger partial charge in [0.05, 0.1) is 25.2 Å². The van der Waals surface area contributed by atoms with E-state index in [2.05, 4.69) is 19.4 Å². The number of ether oxygens (including phenoxy) is 3. The lowest BCUT2D eigenvalue weighted by molar-refractivity contribution is -0.487. The van der Waals surface area contributed by atoms with Gasteiger partial charge in [-0.25, -0.2) is 19.1 Å². The molecule has 0 saturated heterocycles. The Morgan fingerprint density at radius 2 is 1.35 bits per heavy atom. The van der Waals surface area contributed by atoms with Crippen molar-refractivity contribution in [3.63, 3.8) is 0 Å². The molecule has 1 atom stereocenters. The molecule has 0 aliphatic heterocycles. The normalized spacial score (nSPS) is 13.7. The van der Waals surface area contributed by atoms with Crippen molar-refractivity contribution in [1.82, 2.24) is 9.97 Å². The van der Waals surface area contributed by atoms with Crippen LogP contribution in [0, 0.1) is 0 Å². The number of benzene rings is 1. The molecular formula is C28H34F10N2O3. The number of aromatic nitrogens is 2. The summed E-state index contributed by atoms with van der Waals surface area (Å²) in [7, 11) is 0. The van der Waals surface area contributed by atoms with Crippen molar-refractivity contribution in [3.05, 3.63) is 42.2 Å². The zero-order valence-corrected chi connectivity index (χ0v) is 23.4. The molecule has 1 aromatic carbocycles. The van der Waals surface area contributed by atoms with Gasteiger partial charge in [0.15, 0.2) is 11.6 Å². The van der Waals surface area contributed by atoms with Crippen LogP contribution >= 0.6 is 0 Å². The van der Waals surface area contributed by atoms with Crippen LogP contribution in [-0.4, -0.2) is 60.3 Å². The van der Waals surface area contributed by atoms with Crippen LogP contribution in [0.15, 0.2) is 36.7 Å². The molecule has 0 saturated carbocycles. The fraction of sp³-hybridized carbons (Fsp3) is 0.643. The molecule has 0 aliphatic carbocycles. The predicted molar refractivity (Wildman–Crippen MR) is 137 cm³/mol. The van der Waals surface area contributed by atoms with Gasteiger partial charge in [0.25, 0.3) is 0 Å². The molecule has 244 valence electrons. The van der Waals surface area contributed by atoms with E-state index in [4.69, 9.17) is 4.74 Å². The third-order valence-corrected chi connectivity index (χ3v) is 6.26. The average molecular weight is 637 g/mol. The lowest BCUT2D eigenvalue weighted by atomic mass is 10.0. The van der Waals surface area contributed by atoms with E-state index in [0.717, 1.165) is 24.0 Å². The molecule has 0 fully saturated rings. The Morgan fingerprint density at radius 1 is 0.744 bits per heavy atom. The first-order valence-electron chi connectivity index (χ1n) is 13.7. The molecule has 2 aromatic rings. The number of halogens is 10. The van der Waals surface area contributed by atoms with Crippen molar-refractivity contribution in [2.75, 3.05) is 19.8 Å². The summed E-state index contributed by atoms with van der Waals surface area (Å²) in [6.45, 7) is -0.272. The van der Waals surface area contributed by atoms with E-state index in [9.17, 15) is 43.9 Å². The second-order valence-electron chi connectivity index (χ2n) is 9.84. The van der Waals surface area contributed by atoms with Crippen molar-refractivity contribution >= 4 is 0 Å². The van der Waals surface area contributed by atoms with Gasteiger partial charge in [-0.15, -0.1) is 0 Å². The molecule has 0 amide bonds. The minimum absolute atomic E-state index is 0.175. The quantitative estimate of drug-likeness (QED) is 0.107. The maximum absolute atomic E-state index is 13.5. The highest BCUT2D eigenvalue weighted by Crippen LogP contribution is 2.45. The van der Waals surface area contributed by atoms with Crippen molar-refractivity contribution in [1.29, 1.82) is 0 Å². The summed E-state index contributed by atoms with van der Waals surface area (Å²) in [6, 6.07) is 7.50. The van der Waals surface area contributed by atoms with Crippen molar-refractivity contribution in [3.8, 4) is 17.1 Å². The summed E-state index contributed by atoms with van der Waals surface area (Å²) in [5.74, 6) is -4.39. The number of hydrogen-bond donors (Lipinski definition) is 0. The highest BCUT2D eigenvalue weighted by molar-refractivity contribution is 5.55. The van der Waals surface area contributed by atoms with Crippen LogP contribution < -0.4 is 4.74 Å². The van der Waals surface area contributed by atoms with Crippen molar-refractivity contribution < 1.29 is 58.1 Å². The van der Waals surface area contributed by atoms with Gasteiger partial charge in [0.2, 0.25) is 0 Å². The SMILES string of the molecule is CCC(F)CCCCOc1cnc(-c2ccc(CCCCCCOCC(F)(F)C(F)(F)OC(F)(F)C(F)(F)F)cc2)nc1. The first kappa shape index (κ1) is 36.5. The first-order chi connectivity index (χ1) is 20.1. The van der Waals surface area contributed by atoms with Gasteiger partial charge in [0, 0.05) is 12.2 Å². The lowest BCUT2D eigenvalue weighted by Crippen LogP contribution is -2.53. The molecule has 1 unspecified atom stereocenters. The maximum atomic E-state index is 13.5. The van der Waals surface area contributed by atoms with E-state index in [-0.39, 0.29) is 6.42 Å². The Labute approximate surface area is 242 Å². The van der Waals surface area contributed by atoms with Gasteiger partial charge >= 0.3 is 24.3 Å². The molecule has 1 aromatic heterocycles. The largest absolute Gasteiger partial charge is 0.490 e. The molecule has 15 heteroatoms.